The van der Waals surface area contributed by atoms with Gasteiger partial charge in [-0.1, -0.05) is 33.1 Å². The SMILES string of the molecule is CCSCCNC1CCCCCC1C. The van der Waals surface area contributed by atoms with Crippen molar-refractivity contribution in [2.45, 2.75) is 52.0 Å². The lowest BCUT2D eigenvalue weighted by atomic mass is 9.97. The zero-order valence-electron chi connectivity index (χ0n) is 9.72. The van der Waals surface area contributed by atoms with Gasteiger partial charge in [-0.3, -0.25) is 0 Å². The van der Waals surface area contributed by atoms with E-state index in [1.54, 1.807) is 0 Å². The number of hydrogen-bond acceptors (Lipinski definition) is 2. The third kappa shape index (κ3) is 4.70. The van der Waals surface area contributed by atoms with Gasteiger partial charge in [-0.05, 0) is 24.5 Å². The quantitative estimate of drug-likeness (QED) is 0.558. The average Bonchev–Trinajstić information content (AvgIpc) is 2.39. The molecule has 0 aliphatic heterocycles. The van der Waals surface area contributed by atoms with E-state index in [9.17, 15) is 0 Å². The Morgan fingerprint density at radius 3 is 2.79 bits per heavy atom. The summed E-state index contributed by atoms with van der Waals surface area (Å²) in [7, 11) is 0. The van der Waals surface area contributed by atoms with Crippen LogP contribution >= 0.6 is 11.8 Å². The Kier molecular flexibility index (Phi) is 6.70. The molecule has 0 spiro atoms. The largest absolute Gasteiger partial charge is 0.313 e. The molecule has 1 N–H and O–H groups in total. The molecule has 0 radical (unpaired) electrons. The predicted octanol–water partition coefficient (Wildman–Crippen LogP) is 3.30. The van der Waals surface area contributed by atoms with Crippen LogP contribution in [0.3, 0.4) is 0 Å². The van der Waals surface area contributed by atoms with E-state index in [2.05, 4.69) is 19.2 Å². The second kappa shape index (κ2) is 7.58. The van der Waals surface area contributed by atoms with Gasteiger partial charge in [0.15, 0.2) is 0 Å². The summed E-state index contributed by atoms with van der Waals surface area (Å²) >= 11 is 2.04. The van der Waals surface area contributed by atoms with Crippen molar-refractivity contribution in [1.29, 1.82) is 0 Å². The normalized spacial score (nSPS) is 28.7. The molecule has 2 heteroatoms. The fourth-order valence-electron chi connectivity index (χ4n) is 2.26. The summed E-state index contributed by atoms with van der Waals surface area (Å²) in [6.45, 7) is 5.85. The zero-order chi connectivity index (χ0) is 10.2. The summed E-state index contributed by atoms with van der Waals surface area (Å²) in [5.74, 6) is 3.42. The number of rotatable bonds is 5. The lowest BCUT2D eigenvalue weighted by Gasteiger charge is -2.22. The van der Waals surface area contributed by atoms with Crippen LogP contribution in [0.4, 0.5) is 0 Å². The zero-order valence-corrected chi connectivity index (χ0v) is 10.5. The van der Waals surface area contributed by atoms with Crippen molar-refractivity contribution in [2.24, 2.45) is 5.92 Å². The molecule has 84 valence electrons. The fourth-order valence-corrected chi connectivity index (χ4v) is 2.81. The van der Waals surface area contributed by atoms with E-state index in [1.165, 1.54) is 50.2 Å². The van der Waals surface area contributed by atoms with Crippen molar-refractivity contribution in [2.75, 3.05) is 18.1 Å². The molecular formula is C12H25NS. The van der Waals surface area contributed by atoms with Crippen LogP contribution in [0.25, 0.3) is 0 Å². The monoisotopic (exact) mass is 215 g/mol. The molecule has 0 amide bonds. The summed E-state index contributed by atoms with van der Waals surface area (Å²) in [6.07, 6.45) is 7.16. The van der Waals surface area contributed by atoms with Gasteiger partial charge in [0, 0.05) is 18.3 Å². The van der Waals surface area contributed by atoms with E-state index in [-0.39, 0.29) is 0 Å². The summed E-state index contributed by atoms with van der Waals surface area (Å²) in [5, 5.41) is 3.73. The molecule has 0 heterocycles. The van der Waals surface area contributed by atoms with Crippen molar-refractivity contribution in [3.63, 3.8) is 0 Å². The first-order valence-corrected chi connectivity index (χ1v) is 7.31. The molecule has 0 bridgehead atoms. The van der Waals surface area contributed by atoms with E-state index < -0.39 is 0 Å². The second-order valence-corrected chi connectivity index (χ2v) is 5.77. The van der Waals surface area contributed by atoms with Crippen LogP contribution in [0.1, 0.15) is 46.0 Å². The molecule has 0 aromatic rings. The molecule has 0 aromatic carbocycles. The Morgan fingerprint density at radius 2 is 2.00 bits per heavy atom. The van der Waals surface area contributed by atoms with Crippen LogP contribution in [0.2, 0.25) is 0 Å². The summed E-state index contributed by atoms with van der Waals surface area (Å²) in [4.78, 5) is 0. The smallest absolute Gasteiger partial charge is 0.00930 e. The fraction of sp³-hybridized carbons (Fsp3) is 1.00. The van der Waals surface area contributed by atoms with E-state index in [0.29, 0.717) is 0 Å². The van der Waals surface area contributed by atoms with Crippen LogP contribution in [-0.4, -0.2) is 24.1 Å². The van der Waals surface area contributed by atoms with Gasteiger partial charge in [0.2, 0.25) is 0 Å². The molecule has 1 aliphatic carbocycles. The minimum atomic E-state index is 0.801. The van der Waals surface area contributed by atoms with Crippen LogP contribution in [-0.2, 0) is 0 Å². The van der Waals surface area contributed by atoms with Crippen LogP contribution in [0.5, 0.6) is 0 Å². The Labute approximate surface area is 93.4 Å². The predicted molar refractivity (Wildman–Crippen MR) is 67.0 cm³/mol. The lowest BCUT2D eigenvalue weighted by Crippen LogP contribution is -2.35. The maximum absolute atomic E-state index is 3.73. The van der Waals surface area contributed by atoms with E-state index in [4.69, 9.17) is 0 Å². The van der Waals surface area contributed by atoms with Crippen LogP contribution in [0, 0.1) is 5.92 Å². The average molecular weight is 215 g/mol. The summed E-state index contributed by atoms with van der Waals surface area (Å²) in [6, 6.07) is 0.801. The first-order chi connectivity index (χ1) is 6.84. The maximum atomic E-state index is 3.73. The minimum absolute atomic E-state index is 0.801. The highest BCUT2D eigenvalue weighted by molar-refractivity contribution is 7.99. The topological polar surface area (TPSA) is 12.0 Å². The highest BCUT2D eigenvalue weighted by atomic mass is 32.2. The number of hydrogen-bond donors (Lipinski definition) is 1. The number of nitrogens with one attached hydrogen (secondary N) is 1. The van der Waals surface area contributed by atoms with Crippen molar-refractivity contribution >= 4 is 11.8 Å². The van der Waals surface area contributed by atoms with Gasteiger partial charge in [0.1, 0.15) is 0 Å². The Morgan fingerprint density at radius 1 is 1.21 bits per heavy atom. The standard InChI is InChI=1S/C12H25NS/c1-3-14-10-9-13-12-8-6-4-5-7-11(12)2/h11-13H,3-10H2,1-2H3. The van der Waals surface area contributed by atoms with Crippen LogP contribution in [0.15, 0.2) is 0 Å². The molecule has 2 unspecified atom stereocenters. The second-order valence-electron chi connectivity index (χ2n) is 4.37. The molecule has 1 saturated carbocycles. The summed E-state index contributed by atoms with van der Waals surface area (Å²) < 4.78 is 0. The Balaban J connectivity index is 2.13. The van der Waals surface area contributed by atoms with E-state index in [1.807, 2.05) is 11.8 Å². The van der Waals surface area contributed by atoms with Gasteiger partial charge in [-0.25, -0.2) is 0 Å². The molecule has 1 aliphatic rings. The van der Waals surface area contributed by atoms with Gasteiger partial charge in [-0.15, -0.1) is 0 Å². The Hall–Kier alpha value is 0.310. The molecule has 0 aromatic heterocycles. The van der Waals surface area contributed by atoms with Gasteiger partial charge >= 0.3 is 0 Å². The van der Waals surface area contributed by atoms with Crippen molar-refractivity contribution in [3.8, 4) is 0 Å². The molecule has 1 fully saturated rings. The molecule has 14 heavy (non-hydrogen) atoms. The van der Waals surface area contributed by atoms with Gasteiger partial charge in [0.05, 0.1) is 0 Å². The van der Waals surface area contributed by atoms with Gasteiger partial charge < -0.3 is 5.32 Å². The first kappa shape index (κ1) is 12.4. The highest BCUT2D eigenvalue weighted by Crippen LogP contribution is 2.22. The molecular weight excluding hydrogens is 190 g/mol. The number of thioether (sulfide) groups is 1. The van der Waals surface area contributed by atoms with Crippen LogP contribution < -0.4 is 5.32 Å². The third-order valence-electron chi connectivity index (χ3n) is 3.22. The molecule has 2 atom stereocenters. The van der Waals surface area contributed by atoms with Gasteiger partial charge in [0.25, 0.3) is 0 Å². The highest BCUT2D eigenvalue weighted by Gasteiger charge is 2.18. The summed E-state index contributed by atoms with van der Waals surface area (Å²) in [5.41, 5.74) is 0. The Bertz CT molecular complexity index is 138. The third-order valence-corrected chi connectivity index (χ3v) is 4.12. The van der Waals surface area contributed by atoms with Crippen molar-refractivity contribution in [1.82, 2.24) is 5.32 Å². The van der Waals surface area contributed by atoms with Crippen molar-refractivity contribution < 1.29 is 0 Å². The van der Waals surface area contributed by atoms with E-state index >= 15 is 0 Å². The van der Waals surface area contributed by atoms with Gasteiger partial charge in [-0.2, -0.15) is 11.8 Å². The lowest BCUT2D eigenvalue weighted by molar-refractivity contribution is 0.365. The molecule has 1 rings (SSSR count). The minimum Gasteiger partial charge on any atom is -0.313 e. The molecule has 1 nitrogen and oxygen atoms in total. The molecule has 0 saturated heterocycles. The first-order valence-electron chi connectivity index (χ1n) is 6.15. The van der Waals surface area contributed by atoms with Crippen molar-refractivity contribution in [3.05, 3.63) is 0 Å². The maximum Gasteiger partial charge on any atom is 0.00930 e. The van der Waals surface area contributed by atoms with E-state index in [0.717, 1.165) is 12.0 Å².